The summed E-state index contributed by atoms with van der Waals surface area (Å²) in [6, 6.07) is 8.29. The van der Waals surface area contributed by atoms with Gasteiger partial charge in [0.15, 0.2) is 0 Å². The number of hydrogen-bond acceptors (Lipinski definition) is 2. The number of ether oxygens (including phenoxy) is 1. The molecule has 20 heavy (non-hydrogen) atoms. The second-order valence-electron chi connectivity index (χ2n) is 5.05. The Labute approximate surface area is 120 Å². The first-order valence-electron chi connectivity index (χ1n) is 7.22. The van der Waals surface area contributed by atoms with E-state index < -0.39 is 0 Å². The van der Waals surface area contributed by atoms with E-state index in [4.69, 9.17) is 11.2 Å². The van der Waals surface area contributed by atoms with E-state index in [9.17, 15) is 4.79 Å². The van der Waals surface area contributed by atoms with E-state index in [-0.39, 0.29) is 12.1 Å². The third-order valence-electron chi connectivity index (χ3n) is 3.70. The highest BCUT2D eigenvalue weighted by atomic mass is 16.6. The zero-order valence-electron chi connectivity index (χ0n) is 12.0. The average molecular weight is 271 g/mol. The van der Waals surface area contributed by atoms with Gasteiger partial charge in [-0.1, -0.05) is 43.5 Å². The molecule has 0 saturated carbocycles. The fourth-order valence-corrected chi connectivity index (χ4v) is 2.65. The Hall–Kier alpha value is -1.95. The molecule has 0 spiro atoms. The number of rotatable bonds is 5. The van der Waals surface area contributed by atoms with Gasteiger partial charge in [-0.3, -0.25) is 4.90 Å². The summed E-state index contributed by atoms with van der Waals surface area (Å²) >= 11 is 0. The molecule has 0 aliphatic heterocycles. The zero-order chi connectivity index (χ0) is 14.4. The van der Waals surface area contributed by atoms with Crippen molar-refractivity contribution in [3.05, 3.63) is 35.4 Å². The highest BCUT2D eigenvalue weighted by Crippen LogP contribution is 2.35. The molecule has 1 amide bonds. The lowest BCUT2D eigenvalue weighted by Crippen LogP contribution is -2.35. The van der Waals surface area contributed by atoms with Crippen LogP contribution < -0.4 is 0 Å². The maximum atomic E-state index is 12.2. The van der Waals surface area contributed by atoms with E-state index >= 15 is 0 Å². The first-order valence-corrected chi connectivity index (χ1v) is 7.22. The standard InChI is InChI=1S/C17H21NO2/c1-3-5-13-20-17(19)18(12-4-2)16-11-10-14-8-6-7-9-15(14)16/h2,6-9,16H,3,5,10-13H2,1H3. The van der Waals surface area contributed by atoms with Crippen LogP contribution in [-0.2, 0) is 11.2 Å². The lowest BCUT2D eigenvalue weighted by molar-refractivity contribution is 0.0905. The van der Waals surface area contributed by atoms with E-state index in [0.717, 1.165) is 25.7 Å². The largest absolute Gasteiger partial charge is 0.449 e. The van der Waals surface area contributed by atoms with Crippen molar-refractivity contribution >= 4 is 6.09 Å². The van der Waals surface area contributed by atoms with E-state index in [1.54, 1.807) is 4.90 Å². The minimum absolute atomic E-state index is 0.0522. The summed E-state index contributed by atoms with van der Waals surface area (Å²) in [5, 5.41) is 0. The van der Waals surface area contributed by atoms with Gasteiger partial charge in [0, 0.05) is 0 Å². The summed E-state index contributed by atoms with van der Waals surface area (Å²) in [7, 11) is 0. The Morgan fingerprint density at radius 2 is 2.30 bits per heavy atom. The number of carbonyl (C=O) groups excluding carboxylic acids is 1. The van der Waals surface area contributed by atoms with Crippen molar-refractivity contribution in [2.24, 2.45) is 0 Å². The summed E-state index contributed by atoms with van der Waals surface area (Å²) < 4.78 is 5.32. The summed E-state index contributed by atoms with van der Waals surface area (Å²) in [6.45, 7) is 2.83. The minimum Gasteiger partial charge on any atom is -0.449 e. The minimum atomic E-state index is -0.293. The van der Waals surface area contributed by atoms with Crippen LogP contribution in [0.25, 0.3) is 0 Å². The molecular formula is C17H21NO2. The summed E-state index contributed by atoms with van der Waals surface area (Å²) in [5.74, 6) is 2.57. The van der Waals surface area contributed by atoms with Gasteiger partial charge in [0.25, 0.3) is 0 Å². The number of hydrogen-bond donors (Lipinski definition) is 0. The smallest absolute Gasteiger partial charge is 0.411 e. The van der Waals surface area contributed by atoms with Crippen LogP contribution in [0.15, 0.2) is 24.3 Å². The van der Waals surface area contributed by atoms with Crippen molar-refractivity contribution in [1.82, 2.24) is 4.90 Å². The Bertz CT molecular complexity index is 504. The lowest BCUT2D eigenvalue weighted by atomic mass is 10.1. The Morgan fingerprint density at radius 3 is 3.05 bits per heavy atom. The molecule has 0 N–H and O–H groups in total. The van der Waals surface area contributed by atoms with Gasteiger partial charge >= 0.3 is 6.09 Å². The number of terminal acetylenes is 1. The highest BCUT2D eigenvalue weighted by molar-refractivity contribution is 5.69. The van der Waals surface area contributed by atoms with Gasteiger partial charge in [0.1, 0.15) is 0 Å². The number of amides is 1. The van der Waals surface area contributed by atoms with Crippen LogP contribution in [0.2, 0.25) is 0 Å². The molecule has 2 rings (SSSR count). The zero-order valence-corrected chi connectivity index (χ0v) is 12.0. The fraction of sp³-hybridized carbons (Fsp3) is 0.471. The number of carbonyl (C=O) groups is 1. The molecule has 1 aliphatic carbocycles. The maximum absolute atomic E-state index is 12.2. The molecule has 1 unspecified atom stereocenters. The quantitative estimate of drug-likeness (QED) is 0.605. The molecule has 106 valence electrons. The van der Waals surface area contributed by atoms with Crippen LogP contribution >= 0.6 is 0 Å². The van der Waals surface area contributed by atoms with Gasteiger partial charge in [-0.05, 0) is 30.4 Å². The number of unbranched alkanes of at least 4 members (excludes halogenated alkanes) is 1. The highest BCUT2D eigenvalue weighted by Gasteiger charge is 2.31. The SMILES string of the molecule is C#CCN(C(=O)OCCCC)C1CCc2ccccc21. The molecule has 0 radical (unpaired) electrons. The van der Waals surface area contributed by atoms with Gasteiger partial charge in [0.2, 0.25) is 0 Å². The summed E-state index contributed by atoms with van der Waals surface area (Å²) in [4.78, 5) is 13.9. The van der Waals surface area contributed by atoms with Crippen LogP contribution in [0.3, 0.4) is 0 Å². The molecule has 3 nitrogen and oxygen atoms in total. The number of aryl methyl sites for hydroxylation is 1. The molecule has 1 atom stereocenters. The molecule has 1 aliphatic rings. The number of nitrogens with zero attached hydrogens (tertiary/aromatic N) is 1. The van der Waals surface area contributed by atoms with Crippen LogP contribution in [0.4, 0.5) is 4.79 Å². The second kappa shape index (κ2) is 7.00. The van der Waals surface area contributed by atoms with Crippen molar-refractivity contribution in [2.75, 3.05) is 13.2 Å². The van der Waals surface area contributed by atoms with Crippen LogP contribution in [0, 0.1) is 12.3 Å². The van der Waals surface area contributed by atoms with Gasteiger partial charge in [-0.2, -0.15) is 0 Å². The molecule has 0 bridgehead atoms. The molecule has 0 aromatic heterocycles. The van der Waals surface area contributed by atoms with E-state index in [1.165, 1.54) is 11.1 Å². The van der Waals surface area contributed by atoms with Gasteiger partial charge in [-0.25, -0.2) is 4.79 Å². The van der Waals surface area contributed by atoms with Gasteiger partial charge in [0.05, 0.1) is 19.2 Å². The van der Waals surface area contributed by atoms with E-state index in [0.29, 0.717) is 13.2 Å². The normalized spacial score (nSPS) is 16.3. The Kier molecular flexibility index (Phi) is 5.06. The average Bonchev–Trinajstić information content (AvgIpc) is 2.88. The Morgan fingerprint density at radius 1 is 1.50 bits per heavy atom. The van der Waals surface area contributed by atoms with Crippen molar-refractivity contribution < 1.29 is 9.53 Å². The van der Waals surface area contributed by atoms with Gasteiger partial charge < -0.3 is 4.74 Å². The predicted molar refractivity (Wildman–Crippen MR) is 79.3 cm³/mol. The first-order chi connectivity index (χ1) is 9.77. The van der Waals surface area contributed by atoms with Crippen molar-refractivity contribution in [3.8, 4) is 12.3 Å². The molecular weight excluding hydrogens is 250 g/mol. The fourth-order valence-electron chi connectivity index (χ4n) is 2.65. The first kappa shape index (κ1) is 14.5. The van der Waals surface area contributed by atoms with Gasteiger partial charge in [-0.15, -0.1) is 6.42 Å². The van der Waals surface area contributed by atoms with Crippen LogP contribution in [-0.4, -0.2) is 24.1 Å². The lowest BCUT2D eigenvalue weighted by Gasteiger charge is -2.27. The summed E-state index contributed by atoms with van der Waals surface area (Å²) in [5.41, 5.74) is 2.51. The molecule has 0 saturated heterocycles. The van der Waals surface area contributed by atoms with E-state index in [1.807, 2.05) is 12.1 Å². The molecule has 0 fully saturated rings. The topological polar surface area (TPSA) is 29.5 Å². The molecule has 1 aromatic carbocycles. The van der Waals surface area contributed by atoms with Crippen LogP contribution in [0.1, 0.15) is 43.4 Å². The van der Waals surface area contributed by atoms with Crippen molar-refractivity contribution in [2.45, 2.75) is 38.6 Å². The molecule has 3 heteroatoms. The molecule has 1 aromatic rings. The number of benzene rings is 1. The number of fused-ring (bicyclic) bond motifs is 1. The Balaban J connectivity index is 2.10. The van der Waals surface area contributed by atoms with E-state index in [2.05, 4.69) is 25.0 Å². The second-order valence-corrected chi connectivity index (χ2v) is 5.05. The van der Waals surface area contributed by atoms with Crippen molar-refractivity contribution in [1.29, 1.82) is 0 Å². The summed E-state index contributed by atoms with van der Waals surface area (Å²) in [6.07, 6.45) is 8.92. The van der Waals surface area contributed by atoms with Crippen LogP contribution in [0.5, 0.6) is 0 Å². The van der Waals surface area contributed by atoms with Crippen molar-refractivity contribution in [3.63, 3.8) is 0 Å². The third-order valence-corrected chi connectivity index (χ3v) is 3.70. The predicted octanol–water partition coefficient (Wildman–Crippen LogP) is 3.55. The molecule has 0 heterocycles. The third kappa shape index (κ3) is 3.14. The monoisotopic (exact) mass is 271 g/mol. The maximum Gasteiger partial charge on any atom is 0.411 e.